The van der Waals surface area contributed by atoms with Crippen molar-refractivity contribution < 1.29 is 22.7 Å². The Bertz CT molecular complexity index is 710. The van der Waals surface area contributed by atoms with Crippen molar-refractivity contribution in [3.05, 3.63) is 46.4 Å². The van der Waals surface area contributed by atoms with E-state index in [1.54, 1.807) is 5.38 Å². The molecule has 2 aromatic rings. The average Bonchev–Trinajstić information content (AvgIpc) is 2.81. The van der Waals surface area contributed by atoms with Crippen LogP contribution in [0, 0.1) is 5.82 Å². The Balaban J connectivity index is 2.45. The summed E-state index contributed by atoms with van der Waals surface area (Å²) < 4.78 is 39.6. The quantitative estimate of drug-likeness (QED) is 0.908. The number of aromatic carboxylic acids is 1. The van der Waals surface area contributed by atoms with Gasteiger partial charge >= 0.3 is 5.97 Å². The standard InChI is InChI=1S/C11H8FNO4S2/c12-9-2-1-7(11(14)15)5-10(9)19(16,17)13-8-3-4-18-6-8/h1-6,13H,(H,14,15). The van der Waals surface area contributed by atoms with E-state index in [1.165, 1.54) is 22.8 Å². The molecule has 2 rings (SSSR count). The van der Waals surface area contributed by atoms with Crippen LogP contribution in [-0.2, 0) is 10.0 Å². The first kappa shape index (κ1) is 13.5. The van der Waals surface area contributed by atoms with Crippen LogP contribution in [0.3, 0.4) is 0 Å². The number of carbonyl (C=O) groups is 1. The fourth-order valence-corrected chi connectivity index (χ4v) is 3.19. The molecule has 0 saturated carbocycles. The van der Waals surface area contributed by atoms with Crippen LogP contribution in [0.1, 0.15) is 10.4 Å². The Hall–Kier alpha value is -1.93. The Morgan fingerprint density at radius 3 is 2.63 bits per heavy atom. The van der Waals surface area contributed by atoms with Crippen molar-refractivity contribution in [3.63, 3.8) is 0 Å². The summed E-state index contributed by atoms with van der Waals surface area (Å²) in [6, 6.07) is 4.11. The minimum Gasteiger partial charge on any atom is -0.478 e. The Labute approximate surface area is 112 Å². The first-order valence-corrected chi connectivity index (χ1v) is 7.40. The first-order valence-electron chi connectivity index (χ1n) is 4.98. The summed E-state index contributed by atoms with van der Waals surface area (Å²) in [5, 5.41) is 12.0. The number of nitrogens with one attached hydrogen (secondary N) is 1. The molecular weight excluding hydrogens is 293 g/mol. The Morgan fingerprint density at radius 2 is 2.05 bits per heavy atom. The van der Waals surface area contributed by atoms with E-state index in [0.717, 1.165) is 18.2 Å². The van der Waals surface area contributed by atoms with Gasteiger partial charge < -0.3 is 5.11 Å². The molecule has 0 fully saturated rings. The molecule has 0 unspecified atom stereocenters. The van der Waals surface area contributed by atoms with Gasteiger partial charge in [0.1, 0.15) is 10.7 Å². The fourth-order valence-electron chi connectivity index (χ4n) is 1.37. The SMILES string of the molecule is O=C(O)c1ccc(F)c(S(=O)(=O)Nc2ccsc2)c1. The number of anilines is 1. The number of thiophene rings is 1. The van der Waals surface area contributed by atoms with E-state index in [2.05, 4.69) is 4.72 Å². The lowest BCUT2D eigenvalue weighted by molar-refractivity contribution is 0.0696. The van der Waals surface area contributed by atoms with Crippen molar-refractivity contribution in [1.82, 2.24) is 0 Å². The largest absolute Gasteiger partial charge is 0.478 e. The molecule has 0 atom stereocenters. The molecule has 1 aromatic carbocycles. The van der Waals surface area contributed by atoms with E-state index in [1.807, 2.05) is 0 Å². The number of rotatable bonds is 4. The summed E-state index contributed by atoms with van der Waals surface area (Å²) in [6.07, 6.45) is 0. The normalized spacial score (nSPS) is 11.2. The van der Waals surface area contributed by atoms with Gasteiger partial charge in [-0.2, -0.15) is 11.3 Å². The molecule has 0 radical (unpaired) electrons. The van der Waals surface area contributed by atoms with Gasteiger partial charge in [-0.1, -0.05) is 0 Å². The Kier molecular flexibility index (Phi) is 3.54. The summed E-state index contributed by atoms with van der Waals surface area (Å²) in [5.74, 6) is -2.33. The topological polar surface area (TPSA) is 83.5 Å². The molecular formula is C11H8FNO4S2. The lowest BCUT2D eigenvalue weighted by Crippen LogP contribution is -2.15. The van der Waals surface area contributed by atoms with Crippen molar-refractivity contribution in [2.45, 2.75) is 4.90 Å². The van der Waals surface area contributed by atoms with E-state index in [-0.39, 0.29) is 5.56 Å². The fraction of sp³-hybridized carbons (Fsp3) is 0. The second-order valence-electron chi connectivity index (χ2n) is 3.57. The van der Waals surface area contributed by atoms with Gasteiger partial charge in [-0.3, -0.25) is 4.72 Å². The van der Waals surface area contributed by atoms with Crippen LogP contribution in [0.25, 0.3) is 0 Å². The van der Waals surface area contributed by atoms with Crippen molar-refractivity contribution in [1.29, 1.82) is 0 Å². The molecule has 0 bridgehead atoms. The van der Waals surface area contributed by atoms with E-state index in [4.69, 9.17) is 5.11 Å². The minimum absolute atomic E-state index is 0.296. The van der Waals surface area contributed by atoms with Crippen LogP contribution in [-0.4, -0.2) is 19.5 Å². The van der Waals surface area contributed by atoms with Gasteiger partial charge in [0.2, 0.25) is 0 Å². The van der Waals surface area contributed by atoms with Gasteiger partial charge in [-0.15, -0.1) is 0 Å². The summed E-state index contributed by atoms with van der Waals surface area (Å²) in [4.78, 5) is 10.1. The molecule has 0 aliphatic heterocycles. The number of benzene rings is 1. The van der Waals surface area contributed by atoms with Crippen molar-refractivity contribution >= 4 is 33.0 Å². The molecule has 19 heavy (non-hydrogen) atoms. The van der Waals surface area contributed by atoms with Crippen LogP contribution in [0.15, 0.2) is 39.9 Å². The lowest BCUT2D eigenvalue weighted by Gasteiger charge is -2.08. The van der Waals surface area contributed by atoms with Gasteiger partial charge in [0, 0.05) is 5.38 Å². The molecule has 2 N–H and O–H groups in total. The number of hydrogen-bond acceptors (Lipinski definition) is 4. The van der Waals surface area contributed by atoms with Crippen molar-refractivity contribution in [2.75, 3.05) is 4.72 Å². The van der Waals surface area contributed by atoms with E-state index >= 15 is 0 Å². The molecule has 1 heterocycles. The highest BCUT2D eigenvalue weighted by Crippen LogP contribution is 2.21. The molecule has 8 heteroatoms. The predicted octanol–water partition coefficient (Wildman–Crippen LogP) is 2.39. The smallest absolute Gasteiger partial charge is 0.335 e. The summed E-state index contributed by atoms with van der Waals surface area (Å²) >= 11 is 1.27. The molecule has 0 aliphatic rings. The van der Waals surface area contributed by atoms with Crippen LogP contribution in [0.2, 0.25) is 0 Å². The van der Waals surface area contributed by atoms with E-state index in [0.29, 0.717) is 5.69 Å². The summed E-state index contributed by atoms with van der Waals surface area (Å²) in [5.41, 5.74) is -0.00257. The zero-order valence-electron chi connectivity index (χ0n) is 9.33. The summed E-state index contributed by atoms with van der Waals surface area (Å²) in [7, 11) is -4.15. The van der Waals surface area contributed by atoms with E-state index in [9.17, 15) is 17.6 Å². The zero-order valence-corrected chi connectivity index (χ0v) is 11.0. The zero-order chi connectivity index (χ0) is 14.0. The molecule has 0 amide bonds. The third kappa shape index (κ3) is 2.91. The lowest BCUT2D eigenvalue weighted by atomic mass is 10.2. The van der Waals surface area contributed by atoms with Crippen molar-refractivity contribution in [2.24, 2.45) is 0 Å². The average molecular weight is 301 g/mol. The number of carboxylic acids is 1. The molecule has 1 aromatic heterocycles. The maximum absolute atomic E-state index is 13.5. The third-order valence-corrected chi connectivity index (χ3v) is 4.32. The molecule has 100 valence electrons. The highest BCUT2D eigenvalue weighted by Gasteiger charge is 2.21. The monoisotopic (exact) mass is 301 g/mol. The number of carboxylic acid groups (broad SMARTS) is 1. The maximum atomic E-state index is 13.5. The van der Waals surface area contributed by atoms with Gasteiger partial charge in [0.15, 0.2) is 0 Å². The number of halogens is 1. The van der Waals surface area contributed by atoms with Gasteiger partial charge in [0.25, 0.3) is 10.0 Å². The number of sulfonamides is 1. The van der Waals surface area contributed by atoms with Gasteiger partial charge in [0.05, 0.1) is 11.3 Å². The highest BCUT2D eigenvalue weighted by molar-refractivity contribution is 7.92. The predicted molar refractivity (Wildman–Crippen MR) is 68.5 cm³/mol. The molecule has 0 aliphatic carbocycles. The minimum atomic E-state index is -4.15. The van der Waals surface area contributed by atoms with Crippen LogP contribution < -0.4 is 4.72 Å². The maximum Gasteiger partial charge on any atom is 0.335 e. The van der Waals surface area contributed by atoms with Gasteiger partial charge in [-0.25, -0.2) is 17.6 Å². The second kappa shape index (κ2) is 4.98. The van der Waals surface area contributed by atoms with Crippen LogP contribution in [0.5, 0.6) is 0 Å². The summed E-state index contributed by atoms with van der Waals surface area (Å²) in [6.45, 7) is 0. The van der Waals surface area contributed by atoms with Gasteiger partial charge in [-0.05, 0) is 29.6 Å². The third-order valence-electron chi connectivity index (χ3n) is 2.24. The van der Waals surface area contributed by atoms with Crippen LogP contribution >= 0.6 is 11.3 Å². The number of hydrogen-bond donors (Lipinski definition) is 2. The Morgan fingerprint density at radius 1 is 1.32 bits per heavy atom. The van der Waals surface area contributed by atoms with E-state index < -0.39 is 26.7 Å². The van der Waals surface area contributed by atoms with Crippen molar-refractivity contribution in [3.8, 4) is 0 Å². The second-order valence-corrected chi connectivity index (χ2v) is 6.00. The molecule has 0 spiro atoms. The highest BCUT2D eigenvalue weighted by atomic mass is 32.2. The first-order chi connectivity index (χ1) is 8.90. The molecule has 0 saturated heterocycles. The molecule has 5 nitrogen and oxygen atoms in total. The van der Waals surface area contributed by atoms with Crippen LogP contribution in [0.4, 0.5) is 10.1 Å².